The molecule has 0 N–H and O–H groups in total. The van der Waals surface area contributed by atoms with Crippen molar-refractivity contribution in [3.8, 4) is 44.5 Å². The summed E-state index contributed by atoms with van der Waals surface area (Å²) in [5.41, 5.74) is 18.2. The molecule has 79 heavy (non-hydrogen) atoms. The second kappa shape index (κ2) is 20.8. The van der Waals surface area contributed by atoms with Crippen molar-refractivity contribution in [2.24, 2.45) is 0 Å². The van der Waals surface area contributed by atoms with Crippen molar-refractivity contribution < 1.29 is 0 Å². The molecule has 1 nitrogen and oxygen atoms in total. The second-order valence-electron chi connectivity index (χ2n) is 20.5. The molecule has 0 fully saturated rings. The standard InChI is InChI=1S/C78H55N/c1-2-13-31-64(66-33-15-14-32-65(66)63(30-12-1)54-24-6-3-7-25-54)55-42-48-60(49-43-55)79(61-50-44-58(45-51-61)77-71-38-20-16-34-67(71)75(56-26-8-4-9-27-56)68-35-17-21-39-72(68)77)62-52-46-59(47-53-62)78-73-40-22-18-36-69(73)76(57-28-10-5-11-29-57)70-37-19-23-41-74(70)78/h1-29,32-53H,30-31H2. The number of benzene rings is 13. The molecule has 13 aromatic rings. The van der Waals surface area contributed by atoms with Crippen LogP contribution in [0.2, 0.25) is 0 Å². The number of rotatable bonds is 9. The lowest BCUT2D eigenvalue weighted by atomic mass is 9.86. The van der Waals surface area contributed by atoms with Crippen LogP contribution in [-0.4, -0.2) is 0 Å². The van der Waals surface area contributed by atoms with Crippen LogP contribution in [0.5, 0.6) is 0 Å². The first kappa shape index (κ1) is 47.4. The lowest BCUT2D eigenvalue weighted by Crippen LogP contribution is -2.29. The molecule has 0 spiro atoms. The Bertz CT molecular complexity index is 4270. The molecule has 372 valence electrons. The number of anilines is 3. The zero-order valence-electron chi connectivity index (χ0n) is 43.8. The molecule has 0 saturated heterocycles. The minimum absolute atomic E-state index is 0.806. The van der Waals surface area contributed by atoms with E-state index in [2.05, 4.69) is 314 Å². The Morgan fingerprint density at radius 2 is 0.430 bits per heavy atom. The van der Waals surface area contributed by atoms with Gasteiger partial charge in [0.25, 0.3) is 0 Å². The highest BCUT2D eigenvalue weighted by Gasteiger charge is 2.21. The van der Waals surface area contributed by atoms with E-state index in [-0.39, 0.29) is 0 Å². The van der Waals surface area contributed by atoms with Crippen LogP contribution in [0, 0.1) is 0 Å². The van der Waals surface area contributed by atoms with Gasteiger partial charge >= 0.3 is 0 Å². The summed E-state index contributed by atoms with van der Waals surface area (Å²) in [6.45, 7) is 0. The van der Waals surface area contributed by atoms with Gasteiger partial charge in [0.1, 0.15) is 0 Å². The fourth-order valence-electron chi connectivity index (χ4n) is 12.5. The number of hydrogen-bond donors (Lipinski definition) is 0. The van der Waals surface area contributed by atoms with Crippen LogP contribution in [0.15, 0.2) is 309 Å². The smallest absolute Gasteiger partial charge is 0.0462 e. The molecule has 0 heterocycles. The molecule has 0 amide bonds. The molecule has 0 aliphatic heterocycles. The van der Waals surface area contributed by atoms with Gasteiger partial charge in [-0.1, -0.05) is 273 Å². The van der Waals surface area contributed by atoms with E-state index in [1.807, 2.05) is 0 Å². The van der Waals surface area contributed by atoms with Crippen LogP contribution in [-0.2, 0) is 0 Å². The Morgan fingerprint density at radius 3 is 0.734 bits per heavy atom. The first-order chi connectivity index (χ1) is 39.2. The van der Waals surface area contributed by atoms with Crippen LogP contribution in [0.3, 0.4) is 0 Å². The SMILES string of the molecule is C1=CCC(c2ccccc2)=c2ccccc2=C(c2ccc(N(c3ccc(-c4c5ccccc5c(-c5ccccc5)c5ccccc45)cc3)c3ccc(-c4c5ccccc5c(-c5ccccc5)c5ccccc45)cc3)cc2)CC=C1. The van der Waals surface area contributed by atoms with Crippen molar-refractivity contribution >= 4 is 71.3 Å². The van der Waals surface area contributed by atoms with E-state index in [0.29, 0.717) is 0 Å². The summed E-state index contributed by atoms with van der Waals surface area (Å²) in [4.78, 5) is 2.42. The van der Waals surface area contributed by atoms with Crippen molar-refractivity contribution in [3.63, 3.8) is 0 Å². The Kier molecular flexibility index (Phi) is 12.5. The fraction of sp³-hybridized carbons (Fsp3) is 0.0256. The molecule has 14 rings (SSSR count). The van der Waals surface area contributed by atoms with Crippen molar-refractivity contribution in [2.45, 2.75) is 12.8 Å². The van der Waals surface area contributed by atoms with E-state index in [0.717, 1.165) is 29.9 Å². The minimum Gasteiger partial charge on any atom is -0.311 e. The van der Waals surface area contributed by atoms with Crippen LogP contribution in [0.4, 0.5) is 17.1 Å². The van der Waals surface area contributed by atoms with Crippen LogP contribution in [0.1, 0.15) is 24.0 Å². The van der Waals surface area contributed by atoms with Crippen LogP contribution >= 0.6 is 0 Å². The van der Waals surface area contributed by atoms with Crippen LogP contribution in [0.25, 0.3) is 98.7 Å². The minimum atomic E-state index is 0.806. The largest absolute Gasteiger partial charge is 0.311 e. The van der Waals surface area contributed by atoms with Gasteiger partial charge in [-0.3, -0.25) is 0 Å². The van der Waals surface area contributed by atoms with Gasteiger partial charge in [0.15, 0.2) is 0 Å². The third-order valence-corrected chi connectivity index (χ3v) is 16.0. The highest BCUT2D eigenvalue weighted by molar-refractivity contribution is 6.22. The molecule has 0 radical (unpaired) electrons. The Labute approximate surface area is 462 Å². The summed E-state index contributed by atoms with van der Waals surface area (Å²) < 4.78 is 0. The number of allylic oxidation sites excluding steroid dienone is 4. The molecule has 0 bridgehead atoms. The third kappa shape index (κ3) is 8.73. The van der Waals surface area contributed by atoms with Crippen molar-refractivity contribution in [3.05, 3.63) is 331 Å². The quantitative estimate of drug-likeness (QED) is 0.130. The predicted molar refractivity (Wildman–Crippen MR) is 338 cm³/mol. The zero-order chi connectivity index (χ0) is 52.5. The summed E-state index contributed by atoms with van der Waals surface area (Å²) in [7, 11) is 0. The molecule has 0 aromatic heterocycles. The normalized spacial score (nSPS) is 12.6. The van der Waals surface area contributed by atoms with Gasteiger partial charge in [0.05, 0.1) is 0 Å². The van der Waals surface area contributed by atoms with E-state index in [9.17, 15) is 0 Å². The Morgan fingerprint density at radius 1 is 0.203 bits per heavy atom. The molecule has 1 heteroatoms. The predicted octanol–water partition coefficient (Wildman–Crippen LogP) is 19.7. The monoisotopic (exact) mass is 1010 g/mol. The van der Waals surface area contributed by atoms with E-state index >= 15 is 0 Å². The lowest BCUT2D eigenvalue weighted by Gasteiger charge is -2.27. The average Bonchev–Trinajstić information content (AvgIpc) is 3.55. The zero-order valence-corrected chi connectivity index (χ0v) is 43.8. The lowest BCUT2D eigenvalue weighted by molar-refractivity contribution is 1.26. The van der Waals surface area contributed by atoms with Crippen molar-refractivity contribution in [2.75, 3.05) is 4.90 Å². The van der Waals surface area contributed by atoms with Gasteiger partial charge in [-0.05, 0) is 170 Å². The van der Waals surface area contributed by atoms with Gasteiger partial charge in [0, 0.05) is 17.1 Å². The van der Waals surface area contributed by atoms with Gasteiger partial charge in [0.2, 0.25) is 0 Å². The van der Waals surface area contributed by atoms with E-state index in [4.69, 9.17) is 0 Å². The molecule has 0 saturated carbocycles. The summed E-state index contributed by atoms with van der Waals surface area (Å²) in [5, 5.41) is 12.5. The maximum absolute atomic E-state index is 2.42. The maximum Gasteiger partial charge on any atom is 0.0462 e. The molecule has 1 aliphatic rings. The van der Waals surface area contributed by atoms with E-state index in [1.54, 1.807) is 0 Å². The van der Waals surface area contributed by atoms with E-state index < -0.39 is 0 Å². The topological polar surface area (TPSA) is 3.24 Å². The molecular weight excluding hydrogens is 951 g/mol. The Balaban J connectivity index is 0.928. The molecule has 0 unspecified atom stereocenters. The van der Waals surface area contributed by atoms with Gasteiger partial charge < -0.3 is 4.90 Å². The van der Waals surface area contributed by atoms with Gasteiger partial charge in [-0.25, -0.2) is 0 Å². The highest BCUT2D eigenvalue weighted by atomic mass is 15.1. The molecular formula is C78H55N. The average molecular weight is 1010 g/mol. The summed E-state index contributed by atoms with van der Waals surface area (Å²) >= 11 is 0. The molecule has 13 aromatic carbocycles. The summed E-state index contributed by atoms with van der Waals surface area (Å²) in [5.74, 6) is 0. The summed E-state index contributed by atoms with van der Waals surface area (Å²) in [6, 6.07) is 105. The fourth-order valence-corrected chi connectivity index (χ4v) is 12.5. The molecule has 0 atom stereocenters. The van der Waals surface area contributed by atoms with Gasteiger partial charge in [-0.2, -0.15) is 0 Å². The second-order valence-corrected chi connectivity index (χ2v) is 20.5. The van der Waals surface area contributed by atoms with Crippen LogP contribution < -0.4 is 15.3 Å². The maximum atomic E-state index is 2.42. The van der Waals surface area contributed by atoms with Crippen molar-refractivity contribution in [1.29, 1.82) is 0 Å². The van der Waals surface area contributed by atoms with E-state index in [1.165, 1.54) is 120 Å². The first-order valence-corrected chi connectivity index (χ1v) is 27.5. The van der Waals surface area contributed by atoms with Gasteiger partial charge in [-0.15, -0.1) is 0 Å². The number of nitrogens with zero attached hydrogens (tertiary/aromatic N) is 1. The third-order valence-electron chi connectivity index (χ3n) is 16.0. The highest BCUT2D eigenvalue weighted by Crippen LogP contribution is 2.47. The Hall–Kier alpha value is -10.1. The number of hydrogen-bond acceptors (Lipinski definition) is 1. The number of fused-ring (bicyclic) bond motifs is 5. The molecule has 1 aliphatic carbocycles. The van der Waals surface area contributed by atoms with Crippen molar-refractivity contribution in [1.82, 2.24) is 0 Å². The summed E-state index contributed by atoms with van der Waals surface area (Å²) in [6.07, 6.45) is 10.6. The first-order valence-electron chi connectivity index (χ1n) is 27.5.